The highest BCUT2D eigenvalue weighted by Gasteiger charge is 2.40. The zero-order chi connectivity index (χ0) is 13.0. The molecule has 1 N–H and O–H groups in total. The number of rotatable bonds is 5. The van der Waals surface area contributed by atoms with Gasteiger partial charge in [-0.1, -0.05) is 6.92 Å². The Morgan fingerprint density at radius 1 is 1.53 bits per heavy atom. The molecule has 0 bridgehead atoms. The molecule has 0 spiro atoms. The zero-order valence-electron chi connectivity index (χ0n) is 10.7. The summed E-state index contributed by atoms with van der Waals surface area (Å²) < 4.78 is 0. The van der Waals surface area contributed by atoms with E-state index in [0.29, 0.717) is 6.42 Å². The van der Waals surface area contributed by atoms with Gasteiger partial charge < -0.3 is 5.32 Å². The second kappa shape index (κ2) is 5.83. The summed E-state index contributed by atoms with van der Waals surface area (Å²) in [7, 11) is 0. The maximum Gasteiger partial charge on any atom is 0.247 e. The Hall–Kier alpha value is -1.34. The van der Waals surface area contributed by atoms with Gasteiger partial charge in [0.15, 0.2) is 0 Å². The summed E-state index contributed by atoms with van der Waals surface area (Å²) >= 11 is 0. The van der Waals surface area contributed by atoms with Crippen LogP contribution in [0.2, 0.25) is 0 Å². The predicted molar refractivity (Wildman–Crippen MR) is 66.1 cm³/mol. The third-order valence-electron chi connectivity index (χ3n) is 2.99. The minimum atomic E-state index is -0.400. The van der Waals surface area contributed by atoms with E-state index in [1.807, 2.05) is 20.8 Å². The number of likely N-dealkylation sites (tertiary alicyclic amines) is 1. The van der Waals surface area contributed by atoms with E-state index in [-0.39, 0.29) is 30.3 Å². The third kappa shape index (κ3) is 3.07. The van der Waals surface area contributed by atoms with E-state index >= 15 is 0 Å². The maximum atomic E-state index is 12.0. The molecule has 0 aromatic carbocycles. The molecule has 1 heterocycles. The molecule has 4 heteroatoms. The lowest BCUT2D eigenvalue weighted by molar-refractivity contribution is -0.140. The molecule has 0 aromatic heterocycles. The van der Waals surface area contributed by atoms with Crippen LogP contribution >= 0.6 is 0 Å². The molecule has 0 saturated carbocycles. The smallest absolute Gasteiger partial charge is 0.247 e. The number of hydrogen-bond donors (Lipinski definition) is 1. The Balaban J connectivity index is 2.66. The summed E-state index contributed by atoms with van der Waals surface area (Å²) in [5.74, 6) is 2.36. The van der Waals surface area contributed by atoms with Gasteiger partial charge in [-0.05, 0) is 20.3 Å². The third-order valence-corrected chi connectivity index (χ3v) is 2.99. The van der Waals surface area contributed by atoms with Crippen molar-refractivity contribution in [3.8, 4) is 12.3 Å². The molecule has 1 aliphatic rings. The monoisotopic (exact) mass is 236 g/mol. The number of amides is 2. The van der Waals surface area contributed by atoms with Crippen LogP contribution in [0.15, 0.2) is 0 Å². The van der Waals surface area contributed by atoms with Crippen molar-refractivity contribution in [3.63, 3.8) is 0 Å². The van der Waals surface area contributed by atoms with Gasteiger partial charge in [-0.25, -0.2) is 0 Å². The van der Waals surface area contributed by atoms with E-state index in [0.717, 1.165) is 6.42 Å². The van der Waals surface area contributed by atoms with Gasteiger partial charge in [-0.2, -0.15) is 0 Å². The van der Waals surface area contributed by atoms with Crippen molar-refractivity contribution in [2.24, 2.45) is 0 Å². The highest BCUT2D eigenvalue weighted by Crippen LogP contribution is 2.17. The van der Waals surface area contributed by atoms with E-state index in [2.05, 4.69) is 11.2 Å². The standard InChI is InChI=1S/C13H20N2O2/c1-5-7-10(6-2)14-11-8-12(16)15(9(3)4)13(11)17/h1,9-11,14H,6-8H2,2-4H3. The molecule has 1 saturated heterocycles. The second-order valence-electron chi connectivity index (χ2n) is 4.63. The van der Waals surface area contributed by atoms with Gasteiger partial charge in [0.25, 0.3) is 0 Å². The van der Waals surface area contributed by atoms with Gasteiger partial charge in [0, 0.05) is 18.5 Å². The molecule has 0 radical (unpaired) electrons. The summed E-state index contributed by atoms with van der Waals surface area (Å²) in [5.41, 5.74) is 0. The van der Waals surface area contributed by atoms with Crippen molar-refractivity contribution in [3.05, 3.63) is 0 Å². The van der Waals surface area contributed by atoms with Crippen LogP contribution in [0.25, 0.3) is 0 Å². The van der Waals surface area contributed by atoms with Crippen molar-refractivity contribution in [2.45, 2.75) is 58.2 Å². The van der Waals surface area contributed by atoms with E-state index in [1.54, 1.807) is 0 Å². The maximum absolute atomic E-state index is 12.0. The molecule has 2 amide bonds. The predicted octanol–water partition coefficient (Wildman–Crippen LogP) is 0.914. The number of imide groups is 1. The van der Waals surface area contributed by atoms with E-state index in [1.165, 1.54) is 4.90 Å². The molecule has 1 rings (SSSR count). The number of nitrogens with zero attached hydrogens (tertiary/aromatic N) is 1. The Bertz CT molecular complexity index is 344. The fourth-order valence-corrected chi connectivity index (χ4v) is 2.07. The van der Waals surface area contributed by atoms with Crippen molar-refractivity contribution >= 4 is 11.8 Å². The van der Waals surface area contributed by atoms with Crippen LogP contribution in [0.3, 0.4) is 0 Å². The average molecular weight is 236 g/mol. The van der Waals surface area contributed by atoms with Crippen LogP contribution in [0.4, 0.5) is 0 Å². The number of nitrogens with one attached hydrogen (secondary N) is 1. The number of terminal acetylenes is 1. The van der Waals surface area contributed by atoms with Crippen molar-refractivity contribution in [1.82, 2.24) is 10.2 Å². The van der Waals surface area contributed by atoms with E-state index in [4.69, 9.17) is 6.42 Å². The number of carbonyl (C=O) groups is 2. The van der Waals surface area contributed by atoms with Crippen LogP contribution in [-0.4, -0.2) is 34.8 Å². The largest absolute Gasteiger partial charge is 0.302 e. The SMILES string of the molecule is C#CCC(CC)NC1CC(=O)N(C(C)C)C1=O. The molecule has 94 valence electrons. The van der Waals surface area contributed by atoms with Gasteiger partial charge in [-0.3, -0.25) is 14.5 Å². The first-order chi connectivity index (χ1) is 8.01. The molecule has 2 unspecified atom stereocenters. The Morgan fingerprint density at radius 3 is 2.59 bits per heavy atom. The summed E-state index contributed by atoms with van der Waals surface area (Å²) in [6.45, 7) is 5.70. The molecular formula is C13H20N2O2. The van der Waals surface area contributed by atoms with E-state index in [9.17, 15) is 9.59 Å². The lowest BCUT2D eigenvalue weighted by Crippen LogP contribution is -2.45. The van der Waals surface area contributed by atoms with Crippen LogP contribution in [0, 0.1) is 12.3 Å². The van der Waals surface area contributed by atoms with Gasteiger partial charge in [0.05, 0.1) is 12.5 Å². The zero-order valence-corrected chi connectivity index (χ0v) is 10.7. The molecule has 0 aromatic rings. The molecule has 1 fully saturated rings. The van der Waals surface area contributed by atoms with Crippen molar-refractivity contribution in [1.29, 1.82) is 0 Å². The first-order valence-electron chi connectivity index (χ1n) is 6.06. The molecular weight excluding hydrogens is 216 g/mol. The van der Waals surface area contributed by atoms with E-state index < -0.39 is 6.04 Å². The molecule has 0 aliphatic carbocycles. The van der Waals surface area contributed by atoms with Gasteiger partial charge >= 0.3 is 0 Å². The minimum absolute atomic E-state index is 0.0745. The average Bonchev–Trinajstić information content (AvgIpc) is 2.53. The van der Waals surface area contributed by atoms with Gasteiger partial charge in [-0.15, -0.1) is 12.3 Å². The quantitative estimate of drug-likeness (QED) is 0.570. The van der Waals surface area contributed by atoms with Crippen molar-refractivity contribution in [2.75, 3.05) is 0 Å². The summed E-state index contributed by atoms with van der Waals surface area (Å²) in [6, 6.07) is -0.369. The normalized spacial score (nSPS) is 22.1. The molecule has 4 nitrogen and oxygen atoms in total. The Labute approximate surface area is 103 Å². The lowest BCUT2D eigenvalue weighted by Gasteiger charge is -2.21. The lowest BCUT2D eigenvalue weighted by atomic mass is 10.1. The van der Waals surface area contributed by atoms with Crippen LogP contribution in [0.1, 0.15) is 40.0 Å². The fraction of sp³-hybridized carbons (Fsp3) is 0.692. The second-order valence-corrected chi connectivity index (χ2v) is 4.63. The van der Waals surface area contributed by atoms with Gasteiger partial charge in [0.1, 0.15) is 0 Å². The highest BCUT2D eigenvalue weighted by atomic mass is 16.2. The fourth-order valence-electron chi connectivity index (χ4n) is 2.07. The first kappa shape index (κ1) is 13.7. The van der Waals surface area contributed by atoms with Crippen LogP contribution in [-0.2, 0) is 9.59 Å². The Morgan fingerprint density at radius 2 is 2.18 bits per heavy atom. The highest BCUT2D eigenvalue weighted by molar-refractivity contribution is 6.05. The van der Waals surface area contributed by atoms with Gasteiger partial charge in [0.2, 0.25) is 11.8 Å². The van der Waals surface area contributed by atoms with Crippen molar-refractivity contribution < 1.29 is 9.59 Å². The topological polar surface area (TPSA) is 49.4 Å². The minimum Gasteiger partial charge on any atom is -0.302 e. The number of hydrogen-bond acceptors (Lipinski definition) is 3. The summed E-state index contributed by atoms with van der Waals surface area (Å²) in [5, 5.41) is 3.18. The Kier molecular flexibility index (Phi) is 4.71. The number of carbonyl (C=O) groups excluding carboxylic acids is 2. The molecule has 1 aliphatic heterocycles. The first-order valence-corrected chi connectivity index (χ1v) is 6.06. The van der Waals surface area contributed by atoms with Crippen LogP contribution in [0.5, 0.6) is 0 Å². The van der Waals surface area contributed by atoms with Crippen LogP contribution < -0.4 is 5.32 Å². The summed E-state index contributed by atoms with van der Waals surface area (Å²) in [4.78, 5) is 25.0. The summed E-state index contributed by atoms with van der Waals surface area (Å²) in [6.07, 6.45) is 6.94. The molecule has 17 heavy (non-hydrogen) atoms. The molecule has 2 atom stereocenters.